The molecule has 1 aromatic heterocycles. The lowest BCUT2D eigenvalue weighted by atomic mass is 9.84. The van der Waals surface area contributed by atoms with Crippen LogP contribution in [0.15, 0.2) is 30.5 Å². The lowest BCUT2D eigenvalue weighted by Crippen LogP contribution is -2.37. The molecule has 5 nitrogen and oxygen atoms in total. The number of likely N-dealkylation sites (tertiary alicyclic amines) is 1. The molecule has 0 radical (unpaired) electrons. The van der Waals surface area contributed by atoms with E-state index in [1.807, 2.05) is 11.7 Å². The average molecular weight is 412 g/mol. The van der Waals surface area contributed by atoms with E-state index in [4.69, 9.17) is 14.6 Å². The quantitative estimate of drug-likeness (QED) is 0.587. The van der Waals surface area contributed by atoms with Crippen LogP contribution in [0.2, 0.25) is 0 Å². The summed E-state index contributed by atoms with van der Waals surface area (Å²) in [5, 5.41) is 4.80. The highest BCUT2D eigenvalue weighted by atomic mass is 16.5. The maximum atomic E-state index is 5.91. The van der Waals surface area contributed by atoms with E-state index < -0.39 is 0 Å². The van der Waals surface area contributed by atoms with Crippen molar-refractivity contribution in [3.63, 3.8) is 0 Å². The smallest absolute Gasteiger partial charge is 0.0968 e. The molecule has 0 unspecified atom stereocenters. The van der Waals surface area contributed by atoms with E-state index in [1.54, 1.807) is 7.11 Å². The summed E-state index contributed by atoms with van der Waals surface area (Å²) in [5.41, 5.74) is 5.20. The van der Waals surface area contributed by atoms with Crippen LogP contribution in [0.3, 0.4) is 0 Å². The van der Waals surface area contributed by atoms with Gasteiger partial charge in [0.25, 0.3) is 0 Å². The molecule has 0 amide bonds. The minimum Gasteiger partial charge on any atom is -0.382 e. The molecule has 30 heavy (non-hydrogen) atoms. The number of aryl methyl sites for hydroxylation is 1. The number of rotatable bonds is 8. The van der Waals surface area contributed by atoms with Crippen molar-refractivity contribution in [1.82, 2.24) is 14.7 Å². The van der Waals surface area contributed by atoms with Gasteiger partial charge in [-0.1, -0.05) is 43.5 Å². The molecule has 0 spiro atoms. The van der Waals surface area contributed by atoms with E-state index >= 15 is 0 Å². The predicted molar refractivity (Wildman–Crippen MR) is 121 cm³/mol. The molecule has 1 saturated heterocycles. The lowest BCUT2D eigenvalue weighted by molar-refractivity contribution is -0.0157. The van der Waals surface area contributed by atoms with Crippen molar-refractivity contribution in [3.05, 3.63) is 41.6 Å². The summed E-state index contributed by atoms with van der Waals surface area (Å²) in [5.74, 6) is 0.753. The number of methoxy groups -OCH3 is 1. The molecule has 4 rings (SSSR count). The molecule has 164 valence electrons. The van der Waals surface area contributed by atoms with Crippen molar-refractivity contribution < 1.29 is 9.47 Å². The zero-order chi connectivity index (χ0) is 20.8. The van der Waals surface area contributed by atoms with Crippen LogP contribution in [-0.4, -0.2) is 54.2 Å². The number of aromatic nitrogens is 2. The third kappa shape index (κ3) is 5.51. The fraction of sp³-hybridized carbons (Fsp3) is 0.640. The van der Waals surface area contributed by atoms with Gasteiger partial charge in [-0.3, -0.25) is 9.58 Å². The van der Waals surface area contributed by atoms with Crippen LogP contribution >= 0.6 is 0 Å². The van der Waals surface area contributed by atoms with Gasteiger partial charge >= 0.3 is 0 Å². The van der Waals surface area contributed by atoms with Crippen LogP contribution in [0, 0.1) is 0 Å². The Balaban J connectivity index is 1.37. The van der Waals surface area contributed by atoms with Gasteiger partial charge in [-0.2, -0.15) is 5.10 Å². The first-order valence-electron chi connectivity index (χ1n) is 11.7. The van der Waals surface area contributed by atoms with Gasteiger partial charge in [0.15, 0.2) is 0 Å². The van der Waals surface area contributed by atoms with Crippen molar-refractivity contribution in [3.8, 4) is 11.3 Å². The van der Waals surface area contributed by atoms with Crippen LogP contribution in [0.4, 0.5) is 0 Å². The van der Waals surface area contributed by atoms with E-state index in [1.165, 1.54) is 48.8 Å². The molecule has 2 aromatic rings. The van der Waals surface area contributed by atoms with E-state index in [9.17, 15) is 0 Å². The Morgan fingerprint density at radius 3 is 2.40 bits per heavy atom. The van der Waals surface area contributed by atoms with Crippen molar-refractivity contribution in [1.29, 1.82) is 0 Å². The van der Waals surface area contributed by atoms with Gasteiger partial charge in [0.05, 0.1) is 25.0 Å². The molecule has 1 aliphatic heterocycles. The topological polar surface area (TPSA) is 39.5 Å². The van der Waals surface area contributed by atoms with Crippen molar-refractivity contribution in [2.45, 2.75) is 63.5 Å². The van der Waals surface area contributed by atoms with E-state index in [0.29, 0.717) is 19.3 Å². The Bertz CT molecular complexity index is 772. The Morgan fingerprint density at radius 1 is 0.967 bits per heavy atom. The summed E-state index contributed by atoms with van der Waals surface area (Å²) in [6.07, 6.45) is 11.6. The molecule has 2 heterocycles. The largest absolute Gasteiger partial charge is 0.382 e. The highest BCUT2D eigenvalue weighted by Crippen LogP contribution is 2.34. The summed E-state index contributed by atoms with van der Waals surface area (Å²) in [7, 11) is 3.75. The maximum Gasteiger partial charge on any atom is 0.0968 e. The molecular weight excluding hydrogens is 374 g/mol. The van der Waals surface area contributed by atoms with Crippen molar-refractivity contribution in [2.75, 3.05) is 33.4 Å². The SMILES string of the molecule is COCCOC1CCN(Cc2cn(C)nc2-c2ccc(C3CCCCC3)cc2)CC1. The standard InChI is InChI=1S/C25H37N3O2/c1-27-18-23(19-28-14-12-24(13-15-28)30-17-16-29-2)25(26-27)22-10-8-21(9-11-22)20-6-4-3-5-7-20/h8-11,18,20,24H,3-7,12-17,19H2,1-2H3. The molecule has 2 fully saturated rings. The second-order valence-corrected chi connectivity index (χ2v) is 8.97. The molecule has 0 atom stereocenters. The van der Waals surface area contributed by atoms with Crippen molar-refractivity contribution in [2.24, 2.45) is 7.05 Å². The highest BCUT2D eigenvalue weighted by Gasteiger charge is 2.22. The van der Waals surface area contributed by atoms with Crippen molar-refractivity contribution >= 4 is 0 Å². The van der Waals surface area contributed by atoms with Gasteiger partial charge in [0.1, 0.15) is 0 Å². The first-order chi connectivity index (χ1) is 14.7. The molecule has 1 aromatic carbocycles. The number of benzene rings is 1. The molecule has 2 aliphatic rings. The summed E-state index contributed by atoms with van der Waals surface area (Å²) >= 11 is 0. The van der Waals surface area contributed by atoms with Gasteiger partial charge < -0.3 is 9.47 Å². The second-order valence-electron chi connectivity index (χ2n) is 8.97. The minimum absolute atomic E-state index is 0.372. The third-order valence-electron chi connectivity index (χ3n) is 6.73. The van der Waals surface area contributed by atoms with Crippen LogP contribution in [-0.2, 0) is 23.1 Å². The summed E-state index contributed by atoms with van der Waals surface area (Å²) in [6.45, 7) is 4.49. The van der Waals surface area contributed by atoms with Gasteiger partial charge in [0, 0.05) is 51.1 Å². The zero-order valence-electron chi connectivity index (χ0n) is 18.7. The number of nitrogens with zero attached hydrogens (tertiary/aromatic N) is 3. The van der Waals surface area contributed by atoms with Crippen LogP contribution in [0.1, 0.15) is 62.0 Å². The molecule has 1 aliphatic carbocycles. The maximum absolute atomic E-state index is 5.91. The average Bonchev–Trinajstić information content (AvgIpc) is 3.16. The number of ether oxygens (including phenoxy) is 2. The fourth-order valence-corrected chi connectivity index (χ4v) is 5.02. The molecular formula is C25H37N3O2. The van der Waals surface area contributed by atoms with Gasteiger partial charge in [0.2, 0.25) is 0 Å². The number of hydrogen-bond donors (Lipinski definition) is 0. The molecule has 5 heteroatoms. The zero-order valence-corrected chi connectivity index (χ0v) is 18.7. The molecule has 1 saturated carbocycles. The second kappa shape index (κ2) is 10.6. The van der Waals surface area contributed by atoms with Crippen LogP contribution in [0.5, 0.6) is 0 Å². The Hall–Kier alpha value is -1.69. The predicted octanol–water partition coefficient (Wildman–Crippen LogP) is 4.76. The lowest BCUT2D eigenvalue weighted by Gasteiger charge is -2.31. The Labute approximate surface area is 181 Å². The van der Waals surface area contributed by atoms with Gasteiger partial charge in [-0.15, -0.1) is 0 Å². The monoisotopic (exact) mass is 411 g/mol. The first kappa shape index (κ1) is 21.5. The van der Waals surface area contributed by atoms with Crippen LogP contribution in [0.25, 0.3) is 11.3 Å². The molecule has 0 N–H and O–H groups in total. The Kier molecular flexibility index (Phi) is 7.58. The third-order valence-corrected chi connectivity index (χ3v) is 6.73. The minimum atomic E-state index is 0.372. The molecule has 0 bridgehead atoms. The van der Waals surface area contributed by atoms with Gasteiger partial charge in [-0.25, -0.2) is 0 Å². The normalized spacial score (nSPS) is 19.4. The number of hydrogen-bond acceptors (Lipinski definition) is 4. The van der Waals surface area contributed by atoms with E-state index in [0.717, 1.165) is 44.1 Å². The summed E-state index contributed by atoms with van der Waals surface area (Å²) < 4.78 is 13.0. The van der Waals surface area contributed by atoms with E-state index in [2.05, 4.69) is 35.4 Å². The first-order valence-corrected chi connectivity index (χ1v) is 11.7. The van der Waals surface area contributed by atoms with E-state index in [-0.39, 0.29) is 0 Å². The van der Waals surface area contributed by atoms with Gasteiger partial charge in [-0.05, 0) is 37.2 Å². The fourth-order valence-electron chi connectivity index (χ4n) is 5.02. The Morgan fingerprint density at radius 2 is 1.70 bits per heavy atom. The highest BCUT2D eigenvalue weighted by molar-refractivity contribution is 5.63. The summed E-state index contributed by atoms with van der Waals surface area (Å²) in [6, 6.07) is 9.25. The summed E-state index contributed by atoms with van der Waals surface area (Å²) in [4.78, 5) is 2.53. The van der Waals surface area contributed by atoms with Crippen LogP contribution < -0.4 is 0 Å². The number of piperidine rings is 1.